The van der Waals surface area contributed by atoms with Crippen molar-refractivity contribution in [1.29, 1.82) is 0 Å². The predicted molar refractivity (Wildman–Crippen MR) is 96.1 cm³/mol. The standard InChI is InChI=1S/C20H21FN2O3/c1-22(18-9-7-17(21)8-10-18)19(24)16-11-12-23(13-16)20(25)26-14-15-5-3-2-4-6-15/h2-10,16H,11-14H2,1H3. The first-order valence-corrected chi connectivity index (χ1v) is 8.53. The van der Waals surface area contributed by atoms with Gasteiger partial charge in [0.25, 0.3) is 0 Å². The van der Waals surface area contributed by atoms with Gasteiger partial charge in [0, 0.05) is 25.8 Å². The zero-order valence-corrected chi connectivity index (χ0v) is 14.6. The Morgan fingerprint density at radius 2 is 1.85 bits per heavy atom. The lowest BCUT2D eigenvalue weighted by atomic mass is 10.1. The van der Waals surface area contributed by atoms with Crippen LogP contribution >= 0.6 is 0 Å². The van der Waals surface area contributed by atoms with E-state index in [1.54, 1.807) is 24.1 Å². The van der Waals surface area contributed by atoms with Gasteiger partial charge in [0.1, 0.15) is 12.4 Å². The molecule has 6 heteroatoms. The van der Waals surface area contributed by atoms with Crippen LogP contribution in [0.3, 0.4) is 0 Å². The highest BCUT2D eigenvalue weighted by atomic mass is 19.1. The van der Waals surface area contributed by atoms with Gasteiger partial charge in [-0.1, -0.05) is 30.3 Å². The van der Waals surface area contributed by atoms with Crippen LogP contribution in [0.15, 0.2) is 54.6 Å². The van der Waals surface area contributed by atoms with Gasteiger partial charge in [-0.2, -0.15) is 0 Å². The van der Waals surface area contributed by atoms with E-state index < -0.39 is 6.09 Å². The second-order valence-corrected chi connectivity index (χ2v) is 6.35. The number of halogens is 1. The third-order valence-corrected chi connectivity index (χ3v) is 4.55. The van der Waals surface area contributed by atoms with Gasteiger partial charge in [-0.05, 0) is 36.2 Å². The minimum atomic E-state index is -0.409. The number of likely N-dealkylation sites (tertiary alicyclic amines) is 1. The summed E-state index contributed by atoms with van der Waals surface area (Å²) in [5.74, 6) is -0.716. The van der Waals surface area contributed by atoms with E-state index in [4.69, 9.17) is 4.74 Å². The van der Waals surface area contributed by atoms with Crippen LogP contribution in [0.5, 0.6) is 0 Å². The second kappa shape index (κ2) is 7.99. The van der Waals surface area contributed by atoms with Crippen LogP contribution in [0.1, 0.15) is 12.0 Å². The molecule has 1 fully saturated rings. The quantitative estimate of drug-likeness (QED) is 0.843. The molecule has 3 rings (SSSR count). The molecule has 2 aromatic rings. The highest BCUT2D eigenvalue weighted by Crippen LogP contribution is 2.23. The Hall–Kier alpha value is -2.89. The maximum absolute atomic E-state index is 13.0. The molecule has 1 aliphatic heterocycles. The summed E-state index contributed by atoms with van der Waals surface area (Å²) in [4.78, 5) is 27.9. The van der Waals surface area contributed by atoms with E-state index in [1.807, 2.05) is 30.3 Å². The Morgan fingerprint density at radius 3 is 2.54 bits per heavy atom. The monoisotopic (exact) mass is 356 g/mol. The Morgan fingerprint density at radius 1 is 1.15 bits per heavy atom. The lowest BCUT2D eigenvalue weighted by Gasteiger charge is -2.21. The summed E-state index contributed by atoms with van der Waals surface area (Å²) in [5.41, 5.74) is 1.55. The Bertz CT molecular complexity index is 764. The zero-order valence-electron chi connectivity index (χ0n) is 14.6. The molecule has 0 bridgehead atoms. The lowest BCUT2D eigenvalue weighted by molar-refractivity contribution is -0.121. The maximum Gasteiger partial charge on any atom is 0.410 e. The summed E-state index contributed by atoms with van der Waals surface area (Å²) >= 11 is 0. The van der Waals surface area contributed by atoms with E-state index in [9.17, 15) is 14.0 Å². The number of benzene rings is 2. The molecular weight excluding hydrogens is 335 g/mol. The van der Waals surface area contributed by atoms with Crippen LogP contribution in [0, 0.1) is 11.7 Å². The molecule has 0 aromatic heterocycles. The normalized spacial score (nSPS) is 16.4. The van der Waals surface area contributed by atoms with Crippen molar-refractivity contribution in [2.75, 3.05) is 25.0 Å². The van der Waals surface area contributed by atoms with Gasteiger partial charge >= 0.3 is 6.09 Å². The number of hydrogen-bond acceptors (Lipinski definition) is 3. The number of ether oxygens (including phenoxy) is 1. The van der Waals surface area contributed by atoms with Gasteiger partial charge < -0.3 is 14.5 Å². The number of hydrogen-bond donors (Lipinski definition) is 0. The molecule has 0 N–H and O–H groups in total. The number of nitrogens with zero attached hydrogens (tertiary/aromatic N) is 2. The fourth-order valence-corrected chi connectivity index (χ4v) is 3.00. The summed E-state index contributed by atoms with van der Waals surface area (Å²) in [6.07, 6.45) is 0.179. The number of amides is 2. The molecule has 1 unspecified atom stereocenters. The molecule has 0 radical (unpaired) electrons. The fraction of sp³-hybridized carbons (Fsp3) is 0.300. The van der Waals surface area contributed by atoms with Crippen molar-refractivity contribution in [2.45, 2.75) is 13.0 Å². The molecule has 1 heterocycles. The molecule has 0 spiro atoms. The van der Waals surface area contributed by atoms with Gasteiger partial charge in [-0.15, -0.1) is 0 Å². The minimum absolute atomic E-state index is 0.0880. The summed E-state index contributed by atoms with van der Waals surface area (Å²) in [6.45, 7) is 1.03. The van der Waals surface area contributed by atoms with E-state index in [0.717, 1.165) is 5.56 Å². The van der Waals surface area contributed by atoms with E-state index in [2.05, 4.69) is 0 Å². The molecular formula is C20H21FN2O3. The summed E-state index contributed by atoms with van der Waals surface area (Å²) in [5, 5.41) is 0. The molecule has 136 valence electrons. The largest absolute Gasteiger partial charge is 0.445 e. The lowest BCUT2D eigenvalue weighted by Crippen LogP contribution is -2.36. The molecule has 2 amide bonds. The van der Waals surface area contributed by atoms with Crippen LogP contribution in [0.4, 0.5) is 14.9 Å². The molecule has 2 aromatic carbocycles. The van der Waals surface area contributed by atoms with Crippen molar-refractivity contribution in [3.05, 3.63) is 66.0 Å². The van der Waals surface area contributed by atoms with Crippen LogP contribution in [-0.2, 0) is 16.1 Å². The molecule has 26 heavy (non-hydrogen) atoms. The van der Waals surface area contributed by atoms with Gasteiger partial charge in [0.15, 0.2) is 0 Å². The number of rotatable bonds is 4. The SMILES string of the molecule is CN(C(=O)C1CCN(C(=O)OCc2ccccc2)C1)c1ccc(F)cc1. The Balaban J connectivity index is 1.53. The summed E-state index contributed by atoms with van der Waals surface area (Å²) in [6, 6.07) is 15.2. The summed E-state index contributed by atoms with van der Waals surface area (Å²) < 4.78 is 18.3. The van der Waals surface area contributed by atoms with Crippen LogP contribution in [0.2, 0.25) is 0 Å². The molecule has 1 saturated heterocycles. The molecule has 1 aliphatic rings. The highest BCUT2D eigenvalue weighted by molar-refractivity contribution is 5.95. The number of carbonyl (C=O) groups excluding carboxylic acids is 2. The Labute approximate surface area is 152 Å². The van der Waals surface area contributed by atoms with Crippen molar-refractivity contribution < 1.29 is 18.7 Å². The third-order valence-electron chi connectivity index (χ3n) is 4.55. The van der Waals surface area contributed by atoms with Crippen molar-refractivity contribution >= 4 is 17.7 Å². The average molecular weight is 356 g/mol. The van der Waals surface area contributed by atoms with Crippen LogP contribution in [0.25, 0.3) is 0 Å². The van der Waals surface area contributed by atoms with Crippen LogP contribution in [-0.4, -0.2) is 37.0 Å². The van der Waals surface area contributed by atoms with Crippen molar-refractivity contribution in [3.63, 3.8) is 0 Å². The van der Waals surface area contributed by atoms with Gasteiger partial charge in [-0.3, -0.25) is 4.79 Å². The third kappa shape index (κ3) is 4.20. The Kier molecular flexibility index (Phi) is 5.51. The minimum Gasteiger partial charge on any atom is -0.445 e. The zero-order chi connectivity index (χ0) is 18.5. The van der Waals surface area contributed by atoms with Gasteiger partial charge in [0.2, 0.25) is 5.91 Å². The molecule has 0 aliphatic carbocycles. The van der Waals surface area contributed by atoms with E-state index >= 15 is 0 Å². The van der Waals surface area contributed by atoms with Crippen LogP contribution < -0.4 is 4.90 Å². The average Bonchev–Trinajstić information content (AvgIpc) is 3.16. The van der Waals surface area contributed by atoms with Crippen molar-refractivity contribution in [3.8, 4) is 0 Å². The predicted octanol–water partition coefficient (Wildman–Crippen LogP) is 3.45. The van der Waals surface area contributed by atoms with E-state index in [1.165, 1.54) is 17.0 Å². The van der Waals surface area contributed by atoms with Gasteiger partial charge in [-0.25, -0.2) is 9.18 Å². The molecule has 0 saturated carbocycles. The van der Waals surface area contributed by atoms with Crippen molar-refractivity contribution in [1.82, 2.24) is 4.90 Å². The number of carbonyl (C=O) groups is 2. The smallest absolute Gasteiger partial charge is 0.410 e. The molecule has 5 nitrogen and oxygen atoms in total. The van der Waals surface area contributed by atoms with E-state index in [0.29, 0.717) is 25.2 Å². The highest BCUT2D eigenvalue weighted by Gasteiger charge is 2.33. The maximum atomic E-state index is 13.0. The van der Waals surface area contributed by atoms with E-state index in [-0.39, 0.29) is 24.2 Å². The number of anilines is 1. The molecule has 1 atom stereocenters. The first kappa shape index (κ1) is 17.9. The first-order chi connectivity index (χ1) is 12.5. The van der Waals surface area contributed by atoms with Crippen molar-refractivity contribution in [2.24, 2.45) is 5.92 Å². The van der Waals surface area contributed by atoms with Gasteiger partial charge in [0.05, 0.1) is 5.92 Å². The fourth-order valence-electron chi connectivity index (χ4n) is 3.00. The topological polar surface area (TPSA) is 49.9 Å². The summed E-state index contributed by atoms with van der Waals surface area (Å²) in [7, 11) is 1.66. The first-order valence-electron chi connectivity index (χ1n) is 8.53. The second-order valence-electron chi connectivity index (χ2n) is 6.35.